The first-order valence-electron chi connectivity index (χ1n) is 5.75. The van der Waals surface area contributed by atoms with Gasteiger partial charge in [-0.3, -0.25) is 0 Å². The molecule has 0 atom stereocenters. The quantitative estimate of drug-likeness (QED) is 0.823. The Balaban J connectivity index is 2.31. The molecule has 0 spiro atoms. The molecule has 0 aliphatic heterocycles. The van der Waals surface area contributed by atoms with E-state index in [0.29, 0.717) is 12.3 Å². The van der Waals surface area contributed by atoms with Crippen molar-refractivity contribution in [2.24, 2.45) is 0 Å². The monoisotopic (exact) mass is 231 g/mol. The Morgan fingerprint density at radius 1 is 1.35 bits per heavy atom. The van der Waals surface area contributed by atoms with Crippen molar-refractivity contribution >= 4 is 5.69 Å². The molecular formula is C13H17N3O. The highest BCUT2D eigenvalue weighted by Crippen LogP contribution is 2.21. The van der Waals surface area contributed by atoms with Crippen molar-refractivity contribution in [3.8, 4) is 11.4 Å². The lowest BCUT2D eigenvalue weighted by molar-refractivity contribution is 0.317. The summed E-state index contributed by atoms with van der Waals surface area (Å²) in [6.45, 7) is 4.72. The van der Waals surface area contributed by atoms with Crippen LogP contribution in [-0.2, 0) is 0 Å². The van der Waals surface area contributed by atoms with Gasteiger partial charge in [-0.2, -0.15) is 5.10 Å². The summed E-state index contributed by atoms with van der Waals surface area (Å²) in [4.78, 5) is 0. The van der Waals surface area contributed by atoms with Crippen molar-refractivity contribution in [1.29, 1.82) is 0 Å². The summed E-state index contributed by atoms with van der Waals surface area (Å²) in [6.07, 6.45) is 2.89. The number of benzene rings is 1. The molecule has 0 unspecified atom stereocenters. The van der Waals surface area contributed by atoms with Gasteiger partial charge in [0.05, 0.1) is 18.0 Å². The number of nitrogens with two attached hydrogens (primary N) is 1. The third-order valence-corrected chi connectivity index (χ3v) is 2.37. The van der Waals surface area contributed by atoms with E-state index in [-0.39, 0.29) is 0 Å². The number of aromatic nitrogens is 2. The lowest BCUT2D eigenvalue weighted by atomic mass is 10.2. The third-order valence-electron chi connectivity index (χ3n) is 2.37. The normalized spacial score (nSPS) is 10.5. The Hall–Kier alpha value is -1.97. The maximum absolute atomic E-state index is 5.85. The van der Waals surface area contributed by atoms with E-state index in [0.717, 1.165) is 23.6 Å². The highest BCUT2D eigenvalue weighted by molar-refractivity contribution is 5.53. The third kappa shape index (κ3) is 2.78. The van der Waals surface area contributed by atoms with Crippen molar-refractivity contribution < 1.29 is 4.74 Å². The van der Waals surface area contributed by atoms with Crippen molar-refractivity contribution in [2.75, 3.05) is 12.3 Å². The van der Waals surface area contributed by atoms with Crippen LogP contribution in [0.25, 0.3) is 5.69 Å². The van der Waals surface area contributed by atoms with E-state index < -0.39 is 0 Å². The maximum Gasteiger partial charge on any atom is 0.123 e. The van der Waals surface area contributed by atoms with Gasteiger partial charge in [0.25, 0.3) is 0 Å². The van der Waals surface area contributed by atoms with Gasteiger partial charge < -0.3 is 10.5 Å². The summed E-state index contributed by atoms with van der Waals surface area (Å²) in [5.41, 5.74) is 8.43. The topological polar surface area (TPSA) is 53.1 Å². The lowest BCUT2D eigenvalue weighted by Crippen LogP contribution is -2.00. The van der Waals surface area contributed by atoms with E-state index in [1.54, 1.807) is 4.68 Å². The molecule has 4 nitrogen and oxygen atoms in total. The lowest BCUT2D eigenvalue weighted by Gasteiger charge is -2.08. The van der Waals surface area contributed by atoms with Gasteiger partial charge in [-0.1, -0.05) is 6.92 Å². The molecular weight excluding hydrogens is 214 g/mol. The van der Waals surface area contributed by atoms with Gasteiger partial charge >= 0.3 is 0 Å². The molecule has 0 aliphatic rings. The number of nitrogen functional groups attached to an aromatic ring is 1. The second-order valence-corrected chi connectivity index (χ2v) is 4.01. The molecule has 1 aromatic heterocycles. The fourth-order valence-electron chi connectivity index (χ4n) is 1.60. The Morgan fingerprint density at radius 3 is 2.82 bits per heavy atom. The molecule has 4 heteroatoms. The largest absolute Gasteiger partial charge is 0.493 e. The molecule has 0 bridgehead atoms. The number of rotatable bonds is 4. The second kappa shape index (κ2) is 4.91. The minimum Gasteiger partial charge on any atom is -0.493 e. The second-order valence-electron chi connectivity index (χ2n) is 4.01. The highest BCUT2D eigenvalue weighted by atomic mass is 16.5. The van der Waals surface area contributed by atoms with Crippen LogP contribution in [-0.4, -0.2) is 16.4 Å². The van der Waals surface area contributed by atoms with Crippen LogP contribution in [0.5, 0.6) is 5.75 Å². The number of hydrogen-bond donors (Lipinski definition) is 1. The van der Waals surface area contributed by atoms with Crippen LogP contribution in [0.2, 0.25) is 0 Å². The zero-order valence-electron chi connectivity index (χ0n) is 10.2. The van der Waals surface area contributed by atoms with Gasteiger partial charge in [-0.15, -0.1) is 0 Å². The first-order chi connectivity index (χ1) is 8.19. The van der Waals surface area contributed by atoms with E-state index in [4.69, 9.17) is 10.5 Å². The van der Waals surface area contributed by atoms with Crippen LogP contribution in [0.1, 0.15) is 19.0 Å². The Morgan fingerprint density at radius 2 is 2.18 bits per heavy atom. The predicted octanol–water partition coefficient (Wildman–Crippen LogP) is 2.55. The Labute approximate surface area is 101 Å². The summed E-state index contributed by atoms with van der Waals surface area (Å²) >= 11 is 0. The number of ether oxygens (including phenoxy) is 1. The summed E-state index contributed by atoms with van der Waals surface area (Å²) in [5, 5.41) is 4.35. The van der Waals surface area contributed by atoms with Crippen LogP contribution in [0.15, 0.2) is 30.5 Å². The van der Waals surface area contributed by atoms with Gasteiger partial charge in [-0.05, 0) is 25.5 Å². The number of hydrogen-bond acceptors (Lipinski definition) is 3. The SMILES string of the molecule is CCCOc1cc(N)cc(-n2ccc(C)n2)c1. The molecule has 90 valence electrons. The van der Waals surface area contributed by atoms with Crippen LogP contribution in [0.4, 0.5) is 5.69 Å². The molecule has 1 aromatic carbocycles. The zero-order valence-corrected chi connectivity index (χ0v) is 10.2. The average Bonchev–Trinajstić information content (AvgIpc) is 2.72. The summed E-state index contributed by atoms with van der Waals surface area (Å²) in [7, 11) is 0. The molecule has 0 amide bonds. The molecule has 0 fully saturated rings. The maximum atomic E-state index is 5.85. The molecule has 17 heavy (non-hydrogen) atoms. The van der Waals surface area contributed by atoms with Gasteiger partial charge in [0, 0.05) is 24.0 Å². The first kappa shape index (κ1) is 11.5. The summed E-state index contributed by atoms with van der Waals surface area (Å²) in [5.74, 6) is 0.787. The zero-order chi connectivity index (χ0) is 12.3. The highest BCUT2D eigenvalue weighted by Gasteiger charge is 2.03. The summed E-state index contributed by atoms with van der Waals surface area (Å²) in [6, 6.07) is 7.61. The minimum atomic E-state index is 0.682. The van der Waals surface area contributed by atoms with Crippen molar-refractivity contribution in [3.63, 3.8) is 0 Å². The number of aryl methyl sites for hydroxylation is 1. The van der Waals surface area contributed by atoms with E-state index >= 15 is 0 Å². The van der Waals surface area contributed by atoms with Crippen LogP contribution in [0.3, 0.4) is 0 Å². The van der Waals surface area contributed by atoms with E-state index in [1.165, 1.54) is 0 Å². The molecule has 0 aliphatic carbocycles. The van der Waals surface area contributed by atoms with Crippen molar-refractivity contribution in [3.05, 3.63) is 36.2 Å². The molecule has 1 heterocycles. The molecule has 2 rings (SSSR count). The Kier molecular flexibility index (Phi) is 3.32. The fraction of sp³-hybridized carbons (Fsp3) is 0.308. The van der Waals surface area contributed by atoms with Gasteiger partial charge in [0.1, 0.15) is 5.75 Å². The first-order valence-corrected chi connectivity index (χ1v) is 5.75. The van der Waals surface area contributed by atoms with Gasteiger partial charge in [-0.25, -0.2) is 4.68 Å². The van der Waals surface area contributed by atoms with E-state index in [1.807, 2.05) is 37.4 Å². The van der Waals surface area contributed by atoms with E-state index in [9.17, 15) is 0 Å². The smallest absolute Gasteiger partial charge is 0.123 e. The van der Waals surface area contributed by atoms with Crippen LogP contribution < -0.4 is 10.5 Å². The molecule has 0 radical (unpaired) electrons. The molecule has 0 saturated heterocycles. The molecule has 2 aromatic rings. The average molecular weight is 231 g/mol. The molecule has 2 N–H and O–H groups in total. The predicted molar refractivity (Wildman–Crippen MR) is 68.5 cm³/mol. The molecule has 0 saturated carbocycles. The van der Waals surface area contributed by atoms with E-state index in [2.05, 4.69) is 12.0 Å². The van der Waals surface area contributed by atoms with Crippen molar-refractivity contribution in [1.82, 2.24) is 9.78 Å². The van der Waals surface area contributed by atoms with Gasteiger partial charge in [0.15, 0.2) is 0 Å². The Bertz CT molecular complexity index is 505. The van der Waals surface area contributed by atoms with Crippen LogP contribution >= 0.6 is 0 Å². The van der Waals surface area contributed by atoms with Crippen LogP contribution in [0, 0.1) is 6.92 Å². The van der Waals surface area contributed by atoms with Gasteiger partial charge in [0.2, 0.25) is 0 Å². The fourth-order valence-corrected chi connectivity index (χ4v) is 1.60. The number of anilines is 1. The summed E-state index contributed by atoms with van der Waals surface area (Å²) < 4.78 is 7.38. The minimum absolute atomic E-state index is 0.682. The number of nitrogens with zero attached hydrogens (tertiary/aromatic N) is 2. The standard InChI is InChI=1S/C13H17N3O/c1-3-6-17-13-8-11(14)7-12(9-13)16-5-4-10(2)15-16/h4-5,7-9H,3,6,14H2,1-2H3. The van der Waals surface area contributed by atoms with Crippen molar-refractivity contribution in [2.45, 2.75) is 20.3 Å².